The number of Topliss-reactive ketones (excluding diaryl/α,β-unsaturated/α-hetero) is 1. The fourth-order valence-electron chi connectivity index (χ4n) is 1.72. The normalized spacial score (nSPS) is 11.3. The minimum atomic E-state index is -0.0697. The molecule has 0 bridgehead atoms. The van der Waals surface area contributed by atoms with E-state index < -0.39 is 0 Å². The molecular formula is C15H14N2O2. The number of para-hydroxylation sites is 1. The molecule has 2 aromatic carbocycles. The van der Waals surface area contributed by atoms with Gasteiger partial charge in [0.1, 0.15) is 5.69 Å². The third-order valence-electron chi connectivity index (χ3n) is 2.69. The number of ketones is 1. The maximum Gasteiger partial charge on any atom is 0.255 e. The summed E-state index contributed by atoms with van der Waals surface area (Å²) >= 11 is 0. The molecule has 0 heterocycles. The lowest BCUT2D eigenvalue weighted by molar-refractivity contribution is -0.435. The second kappa shape index (κ2) is 5.91. The molecule has 2 aromatic rings. The molecule has 0 aromatic heterocycles. The van der Waals surface area contributed by atoms with Gasteiger partial charge in [-0.1, -0.05) is 37.3 Å². The first-order valence-electron chi connectivity index (χ1n) is 6.08. The molecule has 0 fully saturated rings. The molecule has 0 aliphatic heterocycles. The molecule has 96 valence electrons. The fourth-order valence-corrected chi connectivity index (χ4v) is 1.72. The number of carbonyl (C=O) groups excluding carboxylic acids is 1. The van der Waals surface area contributed by atoms with E-state index in [4.69, 9.17) is 0 Å². The molecule has 0 amide bonds. The van der Waals surface area contributed by atoms with Crippen molar-refractivity contribution in [1.29, 1.82) is 0 Å². The lowest BCUT2D eigenvalue weighted by atomic mass is 10.1. The van der Waals surface area contributed by atoms with E-state index in [1.54, 1.807) is 55.5 Å². The molecule has 19 heavy (non-hydrogen) atoms. The molecule has 0 atom stereocenters. The van der Waals surface area contributed by atoms with Crippen LogP contribution in [0.5, 0.6) is 0 Å². The predicted octanol–water partition coefficient (Wildman–Crippen LogP) is 4.21. The van der Waals surface area contributed by atoms with Gasteiger partial charge in [0.05, 0.1) is 5.56 Å². The van der Waals surface area contributed by atoms with Crippen LogP contribution < -0.4 is 0 Å². The summed E-state index contributed by atoms with van der Waals surface area (Å²) < 4.78 is 0. The standard InChI is InChI=1S/C15H14N2O2/c1-2-15(18)13-10-6-7-11-14(13)17(19)16-12-8-4-3-5-9-12/h3-11H,2H2,1H3. The molecule has 4 nitrogen and oxygen atoms in total. The Morgan fingerprint density at radius 2 is 1.74 bits per heavy atom. The number of azo groups is 1. The van der Waals surface area contributed by atoms with Crippen LogP contribution in [0.3, 0.4) is 0 Å². The quantitative estimate of drug-likeness (QED) is 0.355. The Morgan fingerprint density at radius 1 is 1.11 bits per heavy atom. The van der Waals surface area contributed by atoms with Crippen molar-refractivity contribution in [2.45, 2.75) is 13.3 Å². The van der Waals surface area contributed by atoms with E-state index >= 15 is 0 Å². The minimum absolute atomic E-state index is 0.0697. The molecule has 0 radical (unpaired) electrons. The minimum Gasteiger partial charge on any atom is -0.594 e. The number of hydrogen-bond acceptors (Lipinski definition) is 3. The van der Waals surface area contributed by atoms with E-state index in [0.29, 0.717) is 22.5 Å². The smallest absolute Gasteiger partial charge is 0.255 e. The van der Waals surface area contributed by atoms with Crippen molar-refractivity contribution in [1.82, 2.24) is 0 Å². The van der Waals surface area contributed by atoms with E-state index in [2.05, 4.69) is 5.11 Å². The predicted molar refractivity (Wildman–Crippen MR) is 72.9 cm³/mol. The van der Waals surface area contributed by atoms with Crippen LogP contribution in [0.25, 0.3) is 0 Å². The molecule has 0 aliphatic carbocycles. The van der Waals surface area contributed by atoms with Crippen molar-refractivity contribution < 1.29 is 9.66 Å². The van der Waals surface area contributed by atoms with E-state index in [1.165, 1.54) is 0 Å². The van der Waals surface area contributed by atoms with Crippen LogP contribution in [0.15, 0.2) is 59.7 Å². The SMILES string of the molecule is CCC(=O)c1ccccc1[N+]([O-])=Nc1ccccc1. The van der Waals surface area contributed by atoms with Crippen LogP contribution in [0.1, 0.15) is 23.7 Å². The zero-order chi connectivity index (χ0) is 13.7. The molecular weight excluding hydrogens is 240 g/mol. The Balaban J connectivity index is 2.42. The summed E-state index contributed by atoms with van der Waals surface area (Å²) in [7, 11) is 0. The average Bonchev–Trinajstić information content (AvgIpc) is 2.47. The second-order valence-electron chi connectivity index (χ2n) is 4.00. The van der Waals surface area contributed by atoms with Crippen molar-refractivity contribution >= 4 is 17.2 Å². The number of rotatable bonds is 4. The highest BCUT2D eigenvalue weighted by atomic mass is 16.5. The molecule has 2 rings (SSSR count). The molecule has 0 spiro atoms. The van der Waals surface area contributed by atoms with Gasteiger partial charge in [0.15, 0.2) is 5.78 Å². The van der Waals surface area contributed by atoms with Gasteiger partial charge in [0, 0.05) is 17.6 Å². The van der Waals surface area contributed by atoms with Crippen LogP contribution in [-0.4, -0.2) is 10.6 Å². The van der Waals surface area contributed by atoms with Gasteiger partial charge in [-0.05, 0) is 23.1 Å². The van der Waals surface area contributed by atoms with Crippen LogP contribution in [0.2, 0.25) is 0 Å². The number of carbonyl (C=O) groups is 1. The third kappa shape index (κ3) is 3.04. The summed E-state index contributed by atoms with van der Waals surface area (Å²) in [6, 6.07) is 15.6. The van der Waals surface area contributed by atoms with E-state index in [1.807, 2.05) is 6.07 Å². The molecule has 0 saturated carbocycles. The van der Waals surface area contributed by atoms with Gasteiger partial charge in [-0.3, -0.25) is 4.79 Å². The summed E-state index contributed by atoms with van der Waals surface area (Å²) in [5, 5.41) is 16.0. The zero-order valence-corrected chi connectivity index (χ0v) is 10.6. The Bertz CT molecular complexity index is 607. The van der Waals surface area contributed by atoms with Gasteiger partial charge in [0.2, 0.25) is 0 Å². The molecule has 0 N–H and O–H groups in total. The lowest BCUT2D eigenvalue weighted by Crippen LogP contribution is -2.02. The Hall–Kier alpha value is -2.49. The summed E-state index contributed by atoms with van der Waals surface area (Å²) in [6.07, 6.45) is 0.357. The second-order valence-corrected chi connectivity index (χ2v) is 4.00. The summed E-state index contributed by atoms with van der Waals surface area (Å²) in [5.74, 6) is -0.0697. The first-order valence-corrected chi connectivity index (χ1v) is 6.08. The first kappa shape index (κ1) is 13.0. The third-order valence-corrected chi connectivity index (χ3v) is 2.69. The van der Waals surface area contributed by atoms with Crippen LogP contribution in [0.4, 0.5) is 11.4 Å². The molecule has 0 aliphatic rings. The Labute approximate surface area is 111 Å². The highest BCUT2D eigenvalue weighted by Gasteiger charge is 2.16. The average molecular weight is 254 g/mol. The maximum absolute atomic E-state index is 12.1. The highest BCUT2D eigenvalue weighted by Crippen LogP contribution is 2.22. The summed E-state index contributed by atoms with van der Waals surface area (Å²) in [6.45, 7) is 1.77. The number of nitrogens with zero attached hydrogens (tertiary/aromatic N) is 2. The monoisotopic (exact) mass is 254 g/mol. The van der Waals surface area contributed by atoms with E-state index in [0.717, 1.165) is 0 Å². The lowest BCUT2D eigenvalue weighted by Gasteiger charge is -2.04. The molecule has 0 saturated heterocycles. The van der Waals surface area contributed by atoms with Crippen LogP contribution in [0, 0.1) is 5.21 Å². The van der Waals surface area contributed by atoms with Gasteiger partial charge in [-0.15, -0.1) is 0 Å². The topological polar surface area (TPSA) is 55.5 Å². The summed E-state index contributed by atoms with van der Waals surface area (Å²) in [4.78, 5) is 12.3. The van der Waals surface area contributed by atoms with Gasteiger partial charge in [-0.25, -0.2) is 0 Å². The maximum atomic E-state index is 12.1. The van der Waals surface area contributed by atoms with Gasteiger partial charge < -0.3 is 5.21 Å². The molecule has 4 heteroatoms. The van der Waals surface area contributed by atoms with Gasteiger partial charge in [0.25, 0.3) is 5.69 Å². The van der Waals surface area contributed by atoms with E-state index in [9.17, 15) is 10.0 Å². The molecule has 0 unspecified atom stereocenters. The Kier molecular flexibility index (Phi) is 4.03. The zero-order valence-electron chi connectivity index (χ0n) is 10.6. The van der Waals surface area contributed by atoms with Crippen LogP contribution in [-0.2, 0) is 0 Å². The van der Waals surface area contributed by atoms with Crippen molar-refractivity contribution in [3.05, 3.63) is 65.4 Å². The van der Waals surface area contributed by atoms with Crippen molar-refractivity contribution in [3.63, 3.8) is 0 Å². The Morgan fingerprint density at radius 3 is 2.42 bits per heavy atom. The number of benzene rings is 2. The largest absolute Gasteiger partial charge is 0.594 e. The number of hydrogen-bond donors (Lipinski definition) is 0. The van der Waals surface area contributed by atoms with Crippen molar-refractivity contribution in [3.8, 4) is 0 Å². The van der Waals surface area contributed by atoms with Gasteiger partial charge >= 0.3 is 0 Å². The van der Waals surface area contributed by atoms with Crippen LogP contribution >= 0.6 is 0 Å². The summed E-state index contributed by atoms with van der Waals surface area (Å²) in [5.41, 5.74) is 1.23. The van der Waals surface area contributed by atoms with Gasteiger partial charge in [-0.2, -0.15) is 0 Å². The van der Waals surface area contributed by atoms with Crippen molar-refractivity contribution in [2.75, 3.05) is 0 Å². The van der Waals surface area contributed by atoms with Crippen molar-refractivity contribution in [2.24, 2.45) is 5.11 Å². The highest BCUT2D eigenvalue weighted by molar-refractivity contribution is 5.99. The first-order chi connectivity index (χ1) is 9.22. The van der Waals surface area contributed by atoms with E-state index in [-0.39, 0.29) is 11.5 Å². The fraction of sp³-hybridized carbons (Fsp3) is 0.133.